The number of rotatable bonds is 5. The average molecular weight is 507 g/mol. The van der Waals surface area contributed by atoms with Crippen molar-refractivity contribution in [2.24, 2.45) is 0 Å². The third-order valence-corrected chi connectivity index (χ3v) is 6.40. The number of aliphatic hydroxyl groups excluding tert-OH is 2. The largest absolute Gasteiger partial charge is 0.394 e. The summed E-state index contributed by atoms with van der Waals surface area (Å²) in [6.45, 7) is 3.21. The molecule has 0 bridgehead atoms. The topological polar surface area (TPSA) is 137 Å². The average Bonchev–Trinajstić information content (AvgIpc) is 3.45. The number of carbonyl (C=O) groups excluding carboxylic acids is 1. The van der Waals surface area contributed by atoms with Crippen LogP contribution in [-0.4, -0.2) is 55.3 Å². The van der Waals surface area contributed by atoms with Crippen LogP contribution in [0, 0.1) is 12.3 Å². The van der Waals surface area contributed by atoms with Crippen LogP contribution in [0.2, 0.25) is 0 Å². The molecule has 36 heavy (non-hydrogen) atoms. The highest BCUT2D eigenvalue weighted by Crippen LogP contribution is 2.44. The van der Waals surface area contributed by atoms with Crippen molar-refractivity contribution < 1.29 is 15.0 Å². The van der Waals surface area contributed by atoms with Crippen LogP contribution < -0.4 is 5.32 Å². The Morgan fingerprint density at radius 3 is 2.47 bits per heavy atom. The maximum absolute atomic E-state index is 11.5. The second-order valence-electron chi connectivity index (χ2n) is 7.93. The molecule has 188 valence electrons. The van der Waals surface area contributed by atoms with Crippen molar-refractivity contribution in [3.8, 4) is 27.5 Å². The molecule has 0 saturated carbocycles. The van der Waals surface area contributed by atoms with Gasteiger partial charge in [-0.2, -0.15) is 5.10 Å². The van der Waals surface area contributed by atoms with Gasteiger partial charge in [-0.3, -0.25) is 9.78 Å². The Morgan fingerprint density at radius 1 is 1.17 bits per heavy atom. The highest BCUT2D eigenvalue weighted by molar-refractivity contribution is 7.19. The highest BCUT2D eigenvalue weighted by Gasteiger charge is 2.30. The van der Waals surface area contributed by atoms with E-state index in [9.17, 15) is 4.79 Å². The van der Waals surface area contributed by atoms with E-state index in [1.54, 1.807) is 0 Å². The van der Waals surface area contributed by atoms with Crippen molar-refractivity contribution in [1.29, 1.82) is 5.41 Å². The van der Waals surface area contributed by atoms with E-state index in [0.29, 0.717) is 5.13 Å². The number of aliphatic hydroxyl groups is 2. The number of pyridine rings is 1. The number of hydrogen-bond donors (Lipinski definition) is 4. The van der Waals surface area contributed by atoms with Crippen molar-refractivity contribution >= 4 is 28.6 Å². The quantitative estimate of drug-likeness (QED) is 0.302. The third-order valence-electron chi connectivity index (χ3n) is 5.38. The molecule has 3 heterocycles. The zero-order valence-electron chi connectivity index (χ0n) is 19.4. The molecular formula is C26H30N6O3S. The highest BCUT2D eigenvalue weighted by atomic mass is 32.1. The number of nitrogens with one attached hydrogen (secondary N) is 2. The van der Waals surface area contributed by atoms with Crippen LogP contribution in [0.4, 0.5) is 5.13 Å². The second-order valence-corrected chi connectivity index (χ2v) is 8.93. The van der Waals surface area contributed by atoms with Crippen LogP contribution in [0.1, 0.15) is 36.9 Å². The van der Waals surface area contributed by atoms with E-state index in [-0.39, 0.29) is 26.5 Å². The van der Waals surface area contributed by atoms with Gasteiger partial charge in [-0.1, -0.05) is 30.9 Å². The van der Waals surface area contributed by atoms with Crippen LogP contribution in [-0.2, 0) is 17.6 Å². The SMILES string of the molecule is C.CC(=O)Nc1nc2c(s1)-c1c(c(-c3ccc(C)nc3)nn1-c1ccc(C=N)cc1)CC2.OCCO. The predicted octanol–water partition coefficient (Wildman–Crippen LogP) is 4.03. The van der Waals surface area contributed by atoms with Crippen LogP contribution in [0.25, 0.3) is 27.5 Å². The molecule has 0 aliphatic heterocycles. The minimum Gasteiger partial charge on any atom is -0.394 e. The summed E-state index contributed by atoms with van der Waals surface area (Å²) in [5, 5.41) is 31.1. The number of amides is 1. The van der Waals surface area contributed by atoms with E-state index < -0.39 is 0 Å². The smallest absolute Gasteiger partial charge is 0.223 e. The zero-order chi connectivity index (χ0) is 24.9. The molecule has 4 N–H and O–H groups in total. The number of fused-ring (bicyclic) bond motifs is 3. The van der Waals surface area contributed by atoms with E-state index in [0.717, 1.165) is 62.9 Å². The number of aryl methyl sites for hydroxylation is 2. The summed E-state index contributed by atoms with van der Waals surface area (Å²) in [5.41, 5.74) is 7.75. The normalized spacial score (nSPS) is 11.3. The van der Waals surface area contributed by atoms with Gasteiger partial charge in [0.25, 0.3) is 0 Å². The monoisotopic (exact) mass is 506 g/mol. The van der Waals surface area contributed by atoms with Crippen molar-refractivity contribution in [3.05, 3.63) is 65.1 Å². The van der Waals surface area contributed by atoms with Gasteiger partial charge in [-0.25, -0.2) is 9.67 Å². The molecule has 5 rings (SSSR count). The molecule has 1 aliphatic carbocycles. The molecule has 10 heteroatoms. The Bertz CT molecular complexity index is 1340. The minimum absolute atomic E-state index is 0. The summed E-state index contributed by atoms with van der Waals surface area (Å²) in [7, 11) is 0. The van der Waals surface area contributed by atoms with Gasteiger partial charge in [0, 0.05) is 36.2 Å². The molecule has 1 amide bonds. The number of aromatic nitrogens is 4. The maximum Gasteiger partial charge on any atom is 0.223 e. The van der Waals surface area contributed by atoms with Gasteiger partial charge in [0.2, 0.25) is 5.91 Å². The molecule has 1 aromatic carbocycles. The lowest BCUT2D eigenvalue weighted by atomic mass is 9.95. The Kier molecular flexibility index (Phi) is 8.81. The number of nitrogens with zero attached hydrogens (tertiary/aromatic N) is 4. The minimum atomic E-state index is -0.131. The molecule has 0 fully saturated rings. The van der Waals surface area contributed by atoms with Crippen LogP contribution in [0.5, 0.6) is 0 Å². The molecule has 0 radical (unpaired) electrons. The first-order valence-electron chi connectivity index (χ1n) is 11.1. The Labute approximate surface area is 214 Å². The fraction of sp³-hybridized carbons (Fsp3) is 0.269. The van der Waals surface area contributed by atoms with Gasteiger partial charge in [0.1, 0.15) is 0 Å². The zero-order valence-corrected chi connectivity index (χ0v) is 20.3. The molecule has 0 atom stereocenters. The summed E-state index contributed by atoms with van der Waals surface area (Å²) < 4.78 is 1.95. The van der Waals surface area contributed by atoms with Gasteiger partial charge in [0.15, 0.2) is 5.13 Å². The van der Waals surface area contributed by atoms with Crippen molar-refractivity contribution in [2.75, 3.05) is 18.5 Å². The molecule has 1 aliphatic rings. The predicted molar refractivity (Wildman–Crippen MR) is 143 cm³/mol. The summed E-state index contributed by atoms with van der Waals surface area (Å²) in [4.78, 5) is 21.7. The summed E-state index contributed by atoms with van der Waals surface area (Å²) in [5.74, 6) is -0.131. The number of hydrogen-bond acceptors (Lipinski definition) is 8. The summed E-state index contributed by atoms with van der Waals surface area (Å²) in [6.07, 6.45) is 4.80. The first-order chi connectivity index (χ1) is 16.9. The van der Waals surface area contributed by atoms with E-state index >= 15 is 0 Å². The maximum atomic E-state index is 11.5. The Balaban J connectivity index is 0.000000674. The van der Waals surface area contributed by atoms with Gasteiger partial charge in [0.05, 0.1) is 40.9 Å². The van der Waals surface area contributed by atoms with E-state index in [1.807, 2.05) is 48.1 Å². The Hall–Kier alpha value is -3.73. The lowest BCUT2D eigenvalue weighted by Gasteiger charge is -2.14. The molecule has 9 nitrogen and oxygen atoms in total. The van der Waals surface area contributed by atoms with E-state index in [1.165, 1.54) is 24.5 Å². The third kappa shape index (κ3) is 5.56. The summed E-state index contributed by atoms with van der Waals surface area (Å²) >= 11 is 1.48. The van der Waals surface area contributed by atoms with Crippen molar-refractivity contribution in [1.82, 2.24) is 19.7 Å². The molecule has 0 unspecified atom stereocenters. The van der Waals surface area contributed by atoms with Crippen LogP contribution >= 0.6 is 11.3 Å². The van der Waals surface area contributed by atoms with Crippen molar-refractivity contribution in [3.63, 3.8) is 0 Å². The molecule has 3 aromatic heterocycles. The van der Waals surface area contributed by atoms with Crippen LogP contribution in [0.3, 0.4) is 0 Å². The number of anilines is 1. The van der Waals surface area contributed by atoms with Gasteiger partial charge in [-0.15, -0.1) is 0 Å². The van der Waals surface area contributed by atoms with Gasteiger partial charge in [-0.05, 0) is 49.6 Å². The van der Waals surface area contributed by atoms with Crippen molar-refractivity contribution in [2.45, 2.75) is 34.1 Å². The van der Waals surface area contributed by atoms with E-state index in [2.05, 4.69) is 21.4 Å². The van der Waals surface area contributed by atoms with Gasteiger partial charge < -0.3 is 20.9 Å². The first-order valence-corrected chi connectivity index (χ1v) is 11.9. The van der Waals surface area contributed by atoms with Gasteiger partial charge >= 0.3 is 0 Å². The number of thiazole rings is 1. The Morgan fingerprint density at radius 2 is 1.89 bits per heavy atom. The first kappa shape index (κ1) is 26.9. The molecule has 0 spiro atoms. The lowest BCUT2D eigenvalue weighted by Crippen LogP contribution is -2.07. The summed E-state index contributed by atoms with van der Waals surface area (Å²) in [6, 6.07) is 11.8. The standard InChI is InChI=1S/C23H20N6OS.C2H6O2.CH4/c1-13-3-6-16(12-25-13)20-18-9-10-19-22(31-23(27-19)26-14(2)30)21(18)29(28-20)17-7-4-15(11-24)5-8-17;3-1-2-4;/h3-8,11-12,24H,9-10H2,1-2H3,(H,26,27,30);3-4H,1-2H2;1H4. The van der Waals surface area contributed by atoms with Crippen LogP contribution in [0.15, 0.2) is 42.6 Å². The lowest BCUT2D eigenvalue weighted by molar-refractivity contribution is -0.114. The molecule has 0 saturated heterocycles. The molecular weight excluding hydrogens is 476 g/mol. The van der Waals surface area contributed by atoms with E-state index in [4.69, 9.17) is 20.7 Å². The fourth-order valence-corrected chi connectivity index (χ4v) is 4.93. The number of benzene rings is 1. The fourth-order valence-electron chi connectivity index (χ4n) is 3.81. The number of carbonyl (C=O) groups is 1. The second kappa shape index (κ2) is 11.8. The molecule has 4 aromatic rings.